The monoisotopic (exact) mass is 293 g/mol. The molecule has 0 radical (unpaired) electrons. The van der Waals surface area contributed by atoms with Crippen molar-refractivity contribution in [3.63, 3.8) is 0 Å². The maximum absolute atomic E-state index is 6.21. The molecule has 2 aliphatic rings. The van der Waals surface area contributed by atoms with Crippen LogP contribution in [0.4, 0.5) is 0 Å². The summed E-state index contributed by atoms with van der Waals surface area (Å²) in [7, 11) is 0. The Hall–Kier alpha value is -0.730. The summed E-state index contributed by atoms with van der Waals surface area (Å²) in [5.74, 6) is 1.07. The van der Waals surface area contributed by atoms with Gasteiger partial charge in [0.15, 0.2) is 0 Å². The van der Waals surface area contributed by atoms with Gasteiger partial charge in [0.2, 0.25) is 0 Å². The fraction of sp³-hybridized carbons (Fsp3) is 0.647. The Bertz CT molecular complexity index is 480. The summed E-state index contributed by atoms with van der Waals surface area (Å²) in [5, 5.41) is 4.48. The molecule has 0 unspecified atom stereocenters. The SMILES string of the molecule is CCC1(CNCc2cc(Cl)cc3c2OCC3)CCCC1. The van der Waals surface area contributed by atoms with Crippen molar-refractivity contribution in [1.82, 2.24) is 5.32 Å². The van der Waals surface area contributed by atoms with Gasteiger partial charge in [-0.05, 0) is 42.4 Å². The third-order valence-corrected chi connectivity index (χ3v) is 5.27. The molecule has 110 valence electrons. The van der Waals surface area contributed by atoms with Gasteiger partial charge in [0, 0.05) is 30.1 Å². The molecule has 0 bridgehead atoms. The van der Waals surface area contributed by atoms with Crippen LogP contribution in [0.5, 0.6) is 5.75 Å². The second-order valence-electron chi connectivity index (χ2n) is 6.32. The number of halogens is 1. The summed E-state index contributed by atoms with van der Waals surface area (Å²) in [6.07, 6.45) is 7.81. The normalized spacial score (nSPS) is 19.9. The molecule has 3 rings (SSSR count). The van der Waals surface area contributed by atoms with Gasteiger partial charge in [-0.3, -0.25) is 0 Å². The standard InChI is InChI=1S/C17H24ClNO/c1-2-17(6-3-4-7-17)12-19-11-14-10-15(18)9-13-5-8-20-16(13)14/h9-10,19H,2-8,11-12H2,1H3. The van der Waals surface area contributed by atoms with Crippen LogP contribution in [0.3, 0.4) is 0 Å². The zero-order valence-corrected chi connectivity index (χ0v) is 13.1. The van der Waals surface area contributed by atoms with Crippen molar-refractivity contribution in [2.45, 2.75) is 52.0 Å². The first-order chi connectivity index (χ1) is 9.72. The van der Waals surface area contributed by atoms with E-state index in [0.717, 1.165) is 36.9 Å². The number of hydrogen-bond donors (Lipinski definition) is 1. The highest BCUT2D eigenvalue weighted by Crippen LogP contribution is 2.40. The molecule has 1 heterocycles. The fourth-order valence-corrected chi connectivity index (χ4v) is 3.98. The van der Waals surface area contributed by atoms with Crippen LogP contribution in [0.2, 0.25) is 5.02 Å². The van der Waals surface area contributed by atoms with Gasteiger partial charge in [-0.25, -0.2) is 0 Å². The van der Waals surface area contributed by atoms with Crippen molar-refractivity contribution in [1.29, 1.82) is 0 Å². The number of nitrogens with one attached hydrogen (secondary N) is 1. The molecular formula is C17H24ClNO. The summed E-state index contributed by atoms with van der Waals surface area (Å²) >= 11 is 6.21. The Morgan fingerprint density at radius 3 is 2.85 bits per heavy atom. The Balaban J connectivity index is 1.64. The lowest BCUT2D eigenvalue weighted by Gasteiger charge is -2.28. The zero-order chi connectivity index (χ0) is 14.0. The van der Waals surface area contributed by atoms with Gasteiger partial charge in [-0.2, -0.15) is 0 Å². The third-order valence-electron chi connectivity index (χ3n) is 5.06. The van der Waals surface area contributed by atoms with Crippen molar-refractivity contribution in [3.8, 4) is 5.75 Å². The van der Waals surface area contributed by atoms with Crippen LogP contribution in [-0.4, -0.2) is 13.2 Å². The lowest BCUT2D eigenvalue weighted by molar-refractivity contribution is 0.267. The highest BCUT2D eigenvalue weighted by molar-refractivity contribution is 6.30. The predicted octanol–water partition coefficient (Wildman–Crippen LogP) is 4.33. The van der Waals surface area contributed by atoms with Gasteiger partial charge in [0.05, 0.1) is 6.61 Å². The first kappa shape index (κ1) is 14.2. The Kier molecular flexibility index (Phi) is 4.23. The van der Waals surface area contributed by atoms with Gasteiger partial charge in [0.1, 0.15) is 5.75 Å². The maximum Gasteiger partial charge on any atom is 0.127 e. The van der Waals surface area contributed by atoms with E-state index in [1.165, 1.54) is 43.2 Å². The van der Waals surface area contributed by atoms with Gasteiger partial charge in [0.25, 0.3) is 0 Å². The van der Waals surface area contributed by atoms with E-state index < -0.39 is 0 Å². The molecule has 3 heteroatoms. The second-order valence-corrected chi connectivity index (χ2v) is 6.75. The van der Waals surface area contributed by atoms with Gasteiger partial charge in [-0.15, -0.1) is 0 Å². The molecule has 1 fully saturated rings. The first-order valence-corrected chi connectivity index (χ1v) is 8.25. The molecule has 1 aromatic carbocycles. The minimum atomic E-state index is 0.530. The van der Waals surface area contributed by atoms with Crippen molar-refractivity contribution in [2.75, 3.05) is 13.2 Å². The van der Waals surface area contributed by atoms with E-state index in [9.17, 15) is 0 Å². The third kappa shape index (κ3) is 2.82. The Morgan fingerprint density at radius 1 is 1.30 bits per heavy atom. The highest BCUT2D eigenvalue weighted by atomic mass is 35.5. The molecule has 0 atom stereocenters. The second kappa shape index (κ2) is 5.95. The van der Waals surface area contributed by atoms with E-state index in [1.807, 2.05) is 12.1 Å². The zero-order valence-electron chi connectivity index (χ0n) is 12.3. The van der Waals surface area contributed by atoms with E-state index in [0.29, 0.717) is 5.41 Å². The smallest absolute Gasteiger partial charge is 0.127 e. The molecule has 0 spiro atoms. The number of fused-ring (bicyclic) bond motifs is 1. The Labute approximate surface area is 126 Å². The summed E-state index contributed by atoms with van der Waals surface area (Å²) < 4.78 is 5.76. The Morgan fingerprint density at radius 2 is 2.10 bits per heavy atom. The molecule has 20 heavy (non-hydrogen) atoms. The molecule has 1 aliphatic heterocycles. The summed E-state index contributed by atoms with van der Waals surface area (Å²) in [4.78, 5) is 0. The topological polar surface area (TPSA) is 21.3 Å². The molecule has 2 nitrogen and oxygen atoms in total. The van der Waals surface area contributed by atoms with Crippen molar-refractivity contribution >= 4 is 11.6 Å². The number of hydrogen-bond acceptors (Lipinski definition) is 2. The molecule has 1 aliphatic carbocycles. The molecule has 1 saturated carbocycles. The van der Waals surface area contributed by atoms with Crippen LogP contribution in [0.15, 0.2) is 12.1 Å². The quantitative estimate of drug-likeness (QED) is 0.872. The average molecular weight is 294 g/mol. The lowest BCUT2D eigenvalue weighted by Crippen LogP contribution is -2.31. The van der Waals surface area contributed by atoms with Gasteiger partial charge in [-0.1, -0.05) is 31.4 Å². The molecule has 0 saturated heterocycles. The summed E-state index contributed by atoms with van der Waals surface area (Å²) in [6, 6.07) is 4.09. The van der Waals surface area contributed by atoms with E-state index in [1.54, 1.807) is 0 Å². The van der Waals surface area contributed by atoms with Crippen molar-refractivity contribution in [3.05, 3.63) is 28.3 Å². The lowest BCUT2D eigenvalue weighted by atomic mass is 9.83. The van der Waals surface area contributed by atoms with Gasteiger partial charge >= 0.3 is 0 Å². The first-order valence-electron chi connectivity index (χ1n) is 7.87. The maximum atomic E-state index is 6.21. The van der Waals surface area contributed by atoms with Crippen LogP contribution in [0.1, 0.15) is 50.2 Å². The predicted molar refractivity (Wildman–Crippen MR) is 83.5 cm³/mol. The average Bonchev–Trinajstić information content (AvgIpc) is 3.07. The molecule has 0 amide bonds. The van der Waals surface area contributed by atoms with Crippen molar-refractivity contribution < 1.29 is 4.74 Å². The minimum Gasteiger partial charge on any atom is -0.493 e. The van der Waals surface area contributed by atoms with Crippen LogP contribution >= 0.6 is 11.6 Å². The van der Waals surface area contributed by atoms with E-state index in [4.69, 9.17) is 16.3 Å². The molecule has 0 aromatic heterocycles. The van der Waals surface area contributed by atoms with Crippen LogP contribution < -0.4 is 10.1 Å². The van der Waals surface area contributed by atoms with E-state index >= 15 is 0 Å². The molecule has 1 N–H and O–H groups in total. The van der Waals surface area contributed by atoms with Crippen molar-refractivity contribution in [2.24, 2.45) is 5.41 Å². The summed E-state index contributed by atoms with van der Waals surface area (Å²) in [5.41, 5.74) is 3.01. The number of ether oxygens (including phenoxy) is 1. The van der Waals surface area contributed by atoms with Crippen LogP contribution in [-0.2, 0) is 13.0 Å². The number of rotatable bonds is 5. The molecule has 1 aromatic rings. The van der Waals surface area contributed by atoms with E-state index in [2.05, 4.69) is 12.2 Å². The summed E-state index contributed by atoms with van der Waals surface area (Å²) in [6.45, 7) is 5.10. The minimum absolute atomic E-state index is 0.530. The van der Waals surface area contributed by atoms with Crippen LogP contribution in [0.25, 0.3) is 0 Å². The number of benzene rings is 1. The molecular weight excluding hydrogens is 270 g/mol. The largest absolute Gasteiger partial charge is 0.493 e. The van der Waals surface area contributed by atoms with Crippen LogP contribution in [0, 0.1) is 5.41 Å². The van der Waals surface area contributed by atoms with Gasteiger partial charge < -0.3 is 10.1 Å². The fourth-order valence-electron chi connectivity index (χ4n) is 3.72. The van der Waals surface area contributed by atoms with E-state index in [-0.39, 0.29) is 0 Å². The highest BCUT2D eigenvalue weighted by Gasteiger charge is 2.31.